The van der Waals surface area contributed by atoms with Gasteiger partial charge in [0.2, 0.25) is 0 Å². The molecule has 1 N–H and O–H groups in total. The van der Waals surface area contributed by atoms with Crippen molar-refractivity contribution in [2.75, 3.05) is 6.61 Å². The lowest BCUT2D eigenvalue weighted by Gasteiger charge is -2.55. The number of rotatable bonds is 5. The Kier molecular flexibility index (Phi) is 4.32. The molecule has 3 rings (SSSR count). The van der Waals surface area contributed by atoms with E-state index in [0.29, 0.717) is 17.6 Å². The maximum absolute atomic E-state index is 13.4. The van der Waals surface area contributed by atoms with Crippen LogP contribution in [-0.4, -0.2) is 18.8 Å². The molecule has 0 aromatic heterocycles. The van der Waals surface area contributed by atoms with E-state index in [1.54, 1.807) is 12.1 Å². The number of nitrogens with one attached hydrogen (secondary N) is 1. The Balaban J connectivity index is 1.67. The predicted octanol–water partition coefficient (Wildman–Crippen LogP) is 4.21. The van der Waals surface area contributed by atoms with Crippen LogP contribution in [0.1, 0.15) is 57.6 Å². The molecule has 2 aliphatic rings. The molecule has 2 saturated carbocycles. The molecular formula is C18H26FNO. The summed E-state index contributed by atoms with van der Waals surface area (Å²) in [5.41, 5.74) is 1.36. The topological polar surface area (TPSA) is 21.3 Å². The van der Waals surface area contributed by atoms with Crippen molar-refractivity contribution in [3.05, 3.63) is 35.6 Å². The molecule has 0 amide bonds. The second-order valence-electron chi connectivity index (χ2n) is 6.62. The summed E-state index contributed by atoms with van der Waals surface area (Å²) in [5.74, 6) is -0.155. The average Bonchev–Trinajstić information content (AvgIpc) is 2.98. The van der Waals surface area contributed by atoms with E-state index in [1.807, 2.05) is 6.07 Å². The van der Waals surface area contributed by atoms with Crippen LogP contribution in [0, 0.1) is 11.2 Å². The van der Waals surface area contributed by atoms with Crippen LogP contribution < -0.4 is 5.32 Å². The van der Waals surface area contributed by atoms with Crippen molar-refractivity contribution in [1.29, 1.82) is 0 Å². The molecule has 3 atom stereocenters. The summed E-state index contributed by atoms with van der Waals surface area (Å²) in [6.45, 7) is 5.02. The van der Waals surface area contributed by atoms with E-state index in [2.05, 4.69) is 19.2 Å². The summed E-state index contributed by atoms with van der Waals surface area (Å²) in [4.78, 5) is 0. The van der Waals surface area contributed by atoms with Gasteiger partial charge in [0, 0.05) is 24.1 Å². The molecule has 0 radical (unpaired) electrons. The summed E-state index contributed by atoms with van der Waals surface area (Å²) in [6, 6.07) is 7.63. The summed E-state index contributed by atoms with van der Waals surface area (Å²) in [7, 11) is 0. The molecule has 0 saturated heterocycles. The van der Waals surface area contributed by atoms with Gasteiger partial charge in [0.05, 0.1) is 6.10 Å². The highest BCUT2D eigenvalue weighted by Gasteiger charge is 2.56. The molecule has 2 aliphatic carbocycles. The van der Waals surface area contributed by atoms with Crippen LogP contribution in [0.5, 0.6) is 0 Å². The van der Waals surface area contributed by atoms with Gasteiger partial charge in [0.25, 0.3) is 0 Å². The molecule has 2 nitrogen and oxygen atoms in total. The first-order chi connectivity index (χ1) is 10.2. The number of benzene rings is 1. The summed E-state index contributed by atoms with van der Waals surface area (Å²) in [5, 5.41) is 3.73. The molecule has 0 bridgehead atoms. The van der Waals surface area contributed by atoms with Crippen molar-refractivity contribution >= 4 is 0 Å². The third-order valence-corrected chi connectivity index (χ3v) is 5.49. The number of halogens is 1. The number of ether oxygens (including phenoxy) is 1. The predicted molar refractivity (Wildman–Crippen MR) is 82.7 cm³/mol. The van der Waals surface area contributed by atoms with Gasteiger partial charge in [-0.25, -0.2) is 4.39 Å². The maximum Gasteiger partial charge on any atom is 0.123 e. The third-order valence-electron chi connectivity index (χ3n) is 5.49. The number of hydrogen-bond acceptors (Lipinski definition) is 2. The summed E-state index contributed by atoms with van der Waals surface area (Å²) in [6.07, 6.45) is 6.68. The van der Waals surface area contributed by atoms with Crippen molar-refractivity contribution in [2.24, 2.45) is 5.41 Å². The smallest absolute Gasteiger partial charge is 0.123 e. The molecule has 1 spiro atoms. The minimum absolute atomic E-state index is 0.155. The Morgan fingerprint density at radius 2 is 2.14 bits per heavy atom. The van der Waals surface area contributed by atoms with E-state index >= 15 is 0 Å². The van der Waals surface area contributed by atoms with E-state index in [0.717, 1.165) is 18.6 Å². The number of hydrogen-bond donors (Lipinski definition) is 1. The van der Waals surface area contributed by atoms with Crippen LogP contribution in [0.3, 0.4) is 0 Å². The third kappa shape index (κ3) is 2.74. The van der Waals surface area contributed by atoms with Crippen molar-refractivity contribution in [2.45, 2.75) is 64.1 Å². The van der Waals surface area contributed by atoms with Crippen LogP contribution in [0.4, 0.5) is 4.39 Å². The van der Waals surface area contributed by atoms with Gasteiger partial charge in [-0.3, -0.25) is 0 Å². The van der Waals surface area contributed by atoms with Crippen molar-refractivity contribution in [3.63, 3.8) is 0 Å². The molecule has 3 heteroatoms. The molecule has 1 aromatic carbocycles. The van der Waals surface area contributed by atoms with Gasteiger partial charge in [-0.15, -0.1) is 0 Å². The zero-order valence-electron chi connectivity index (χ0n) is 13.1. The minimum Gasteiger partial charge on any atom is -0.378 e. The lowest BCUT2D eigenvalue weighted by Crippen LogP contribution is -2.63. The van der Waals surface area contributed by atoms with Gasteiger partial charge in [-0.05, 0) is 50.8 Å². The molecule has 0 aliphatic heterocycles. The Bertz CT molecular complexity index is 484. The first-order valence-electron chi connectivity index (χ1n) is 8.29. The fraction of sp³-hybridized carbons (Fsp3) is 0.667. The molecule has 0 heterocycles. The Morgan fingerprint density at radius 3 is 2.81 bits per heavy atom. The highest BCUT2D eigenvalue weighted by Crippen LogP contribution is 2.55. The van der Waals surface area contributed by atoms with Crippen molar-refractivity contribution in [3.8, 4) is 0 Å². The summed E-state index contributed by atoms with van der Waals surface area (Å²) < 4.78 is 19.3. The van der Waals surface area contributed by atoms with Gasteiger partial charge in [0.1, 0.15) is 5.82 Å². The van der Waals surface area contributed by atoms with Gasteiger partial charge in [-0.2, -0.15) is 0 Å². The van der Waals surface area contributed by atoms with Crippen molar-refractivity contribution < 1.29 is 9.13 Å². The Morgan fingerprint density at radius 1 is 1.38 bits per heavy atom. The standard InChI is InChI=1S/C18H26FNO/c1-3-21-17-12-16(18(17)9-4-5-10-18)20-13(2)14-7-6-8-15(19)11-14/h6-8,11,13,16-17,20H,3-5,9-10,12H2,1-2H3. The second-order valence-corrected chi connectivity index (χ2v) is 6.62. The van der Waals surface area contributed by atoms with E-state index < -0.39 is 0 Å². The normalized spacial score (nSPS) is 28.5. The van der Waals surface area contributed by atoms with Gasteiger partial charge in [0.15, 0.2) is 0 Å². The molecule has 2 fully saturated rings. The Hall–Kier alpha value is -0.930. The fourth-order valence-corrected chi connectivity index (χ4v) is 4.29. The molecule has 116 valence electrons. The first-order valence-corrected chi connectivity index (χ1v) is 8.29. The minimum atomic E-state index is -0.155. The van der Waals surface area contributed by atoms with Crippen LogP contribution in [-0.2, 0) is 4.74 Å². The molecule has 1 aromatic rings. The van der Waals surface area contributed by atoms with E-state index in [-0.39, 0.29) is 11.9 Å². The SMILES string of the molecule is CCOC1CC(NC(C)c2cccc(F)c2)C12CCCC2. The van der Waals surface area contributed by atoms with Gasteiger partial charge >= 0.3 is 0 Å². The van der Waals surface area contributed by atoms with E-state index in [1.165, 1.54) is 31.7 Å². The largest absolute Gasteiger partial charge is 0.378 e. The van der Waals surface area contributed by atoms with E-state index in [4.69, 9.17) is 4.74 Å². The zero-order valence-corrected chi connectivity index (χ0v) is 13.1. The van der Waals surface area contributed by atoms with Crippen LogP contribution in [0.2, 0.25) is 0 Å². The maximum atomic E-state index is 13.4. The molecular weight excluding hydrogens is 265 g/mol. The Labute approximate surface area is 127 Å². The van der Waals surface area contributed by atoms with Gasteiger partial charge < -0.3 is 10.1 Å². The summed E-state index contributed by atoms with van der Waals surface area (Å²) >= 11 is 0. The molecule has 21 heavy (non-hydrogen) atoms. The van der Waals surface area contributed by atoms with E-state index in [9.17, 15) is 4.39 Å². The second kappa shape index (κ2) is 6.05. The van der Waals surface area contributed by atoms with Crippen LogP contribution >= 0.6 is 0 Å². The quantitative estimate of drug-likeness (QED) is 0.877. The average molecular weight is 291 g/mol. The monoisotopic (exact) mass is 291 g/mol. The highest BCUT2D eigenvalue weighted by atomic mass is 19.1. The lowest BCUT2D eigenvalue weighted by molar-refractivity contribution is -0.132. The fourth-order valence-electron chi connectivity index (χ4n) is 4.29. The van der Waals surface area contributed by atoms with Gasteiger partial charge in [-0.1, -0.05) is 25.0 Å². The first kappa shape index (κ1) is 15.0. The highest BCUT2D eigenvalue weighted by molar-refractivity contribution is 5.21. The van der Waals surface area contributed by atoms with Crippen LogP contribution in [0.25, 0.3) is 0 Å². The van der Waals surface area contributed by atoms with Crippen molar-refractivity contribution in [1.82, 2.24) is 5.32 Å². The lowest BCUT2D eigenvalue weighted by atomic mass is 9.60. The zero-order chi connectivity index (χ0) is 14.9. The molecule has 3 unspecified atom stereocenters. The van der Waals surface area contributed by atoms with Crippen LogP contribution in [0.15, 0.2) is 24.3 Å².